The molecule has 0 spiro atoms. The summed E-state index contributed by atoms with van der Waals surface area (Å²) in [5.41, 5.74) is -3.08. The summed E-state index contributed by atoms with van der Waals surface area (Å²) in [7, 11) is 0. The molecular weight excluding hydrogens is 396 g/mol. The third-order valence-electron chi connectivity index (χ3n) is 7.90. The molecule has 0 saturated heterocycles. The van der Waals surface area contributed by atoms with Gasteiger partial charge in [-0.15, -0.1) is 0 Å². The Balaban J connectivity index is 1.73. The molecule has 9 nitrogen and oxygen atoms in total. The summed E-state index contributed by atoms with van der Waals surface area (Å²) in [6, 6.07) is 0. The molecule has 0 aromatic heterocycles. The fourth-order valence-corrected chi connectivity index (χ4v) is 6.49. The number of rotatable bonds is 2. The van der Waals surface area contributed by atoms with Gasteiger partial charge >= 0.3 is 5.97 Å². The van der Waals surface area contributed by atoms with Gasteiger partial charge in [0.05, 0.1) is 24.2 Å². The van der Waals surface area contributed by atoms with Gasteiger partial charge in [0, 0.05) is 24.2 Å². The van der Waals surface area contributed by atoms with Crippen LogP contribution in [-0.4, -0.2) is 77.5 Å². The van der Waals surface area contributed by atoms with Gasteiger partial charge in [-0.3, -0.25) is 4.79 Å². The van der Waals surface area contributed by atoms with E-state index in [0.717, 1.165) is 0 Å². The molecule has 4 rings (SSSR count). The molecule has 4 aliphatic rings. The summed E-state index contributed by atoms with van der Waals surface area (Å²) in [5, 5.41) is 73.0. The molecule has 0 bridgehead atoms. The fourth-order valence-electron chi connectivity index (χ4n) is 6.49. The molecule has 0 aromatic carbocycles. The number of ketones is 1. The number of hydrogen-bond donors (Lipinski definition) is 7. The largest absolute Gasteiger partial charge is 0.512 e. The minimum absolute atomic E-state index is 0.188. The lowest BCUT2D eigenvalue weighted by Gasteiger charge is -2.57. The maximum absolute atomic E-state index is 13.4. The van der Waals surface area contributed by atoms with Gasteiger partial charge in [0.25, 0.3) is 0 Å². The zero-order chi connectivity index (χ0) is 22.1. The first-order chi connectivity index (χ1) is 14.0. The number of Topliss-reactive ketones (excluding diaryl/α,β-unsaturated/α-hetero) is 1. The van der Waals surface area contributed by atoms with Crippen LogP contribution in [0.2, 0.25) is 0 Å². The van der Waals surface area contributed by atoms with Crippen LogP contribution in [0, 0.1) is 35.5 Å². The molecule has 166 valence electrons. The van der Waals surface area contributed by atoms with Crippen molar-refractivity contribution in [1.29, 1.82) is 0 Å². The van der Waals surface area contributed by atoms with E-state index in [9.17, 15) is 45.3 Å². The van der Waals surface area contributed by atoms with Gasteiger partial charge < -0.3 is 35.7 Å². The standard InChI is InChI=1S/C21H28O9/c1-7(22)10-2-3-12(23)15-11(10)5-8-4-9-6-13(24)16(20(28)29)19(27)21(9,30)18(26)14(8)17(15)25/h2-3,7-12,14-15,18-19,22-24,26-27,30H,4-6H2,1H3,(H,28,29)/t7?,8-,9+,10?,11?,12?,14?,15?,18?,19?,21+/m1/s1. The van der Waals surface area contributed by atoms with Crippen LogP contribution < -0.4 is 0 Å². The SMILES string of the molecule is CC(O)C1C=CC(O)C2C(=O)C3C(O)[C@]4(O)C(O)C(C(=O)O)=C(O)C[C@@H]4C[C@@H]3CC12. The highest BCUT2D eigenvalue weighted by Gasteiger charge is 2.65. The minimum atomic E-state index is -2.30. The highest BCUT2D eigenvalue weighted by Crippen LogP contribution is 2.56. The minimum Gasteiger partial charge on any atom is -0.512 e. The molecule has 4 aliphatic carbocycles. The van der Waals surface area contributed by atoms with E-state index < -0.39 is 76.8 Å². The Morgan fingerprint density at radius 1 is 1.17 bits per heavy atom. The van der Waals surface area contributed by atoms with E-state index in [0.29, 0.717) is 6.42 Å². The Labute approximate surface area is 173 Å². The van der Waals surface area contributed by atoms with Crippen LogP contribution in [0.25, 0.3) is 0 Å². The summed E-state index contributed by atoms with van der Waals surface area (Å²) in [6.45, 7) is 1.61. The number of carbonyl (C=O) groups excluding carboxylic acids is 1. The van der Waals surface area contributed by atoms with E-state index in [1.807, 2.05) is 0 Å². The summed E-state index contributed by atoms with van der Waals surface area (Å²) < 4.78 is 0. The molecular formula is C21H28O9. The molecule has 0 aromatic rings. The van der Waals surface area contributed by atoms with Crippen LogP contribution >= 0.6 is 0 Å². The average Bonchev–Trinajstić information content (AvgIpc) is 2.64. The van der Waals surface area contributed by atoms with Crippen molar-refractivity contribution in [3.63, 3.8) is 0 Å². The van der Waals surface area contributed by atoms with Crippen molar-refractivity contribution < 1.29 is 45.3 Å². The topological polar surface area (TPSA) is 176 Å². The molecule has 0 radical (unpaired) electrons. The van der Waals surface area contributed by atoms with E-state index >= 15 is 0 Å². The third-order valence-corrected chi connectivity index (χ3v) is 7.90. The van der Waals surface area contributed by atoms with E-state index in [2.05, 4.69) is 0 Å². The van der Waals surface area contributed by atoms with Crippen molar-refractivity contribution in [2.75, 3.05) is 0 Å². The molecule has 30 heavy (non-hydrogen) atoms. The van der Waals surface area contributed by atoms with Gasteiger partial charge in [0.15, 0.2) is 0 Å². The number of carbonyl (C=O) groups is 2. The number of aliphatic carboxylic acids is 1. The number of carboxylic acids is 1. The molecule has 7 N–H and O–H groups in total. The number of aliphatic hydroxyl groups is 6. The maximum atomic E-state index is 13.4. The first-order valence-corrected chi connectivity index (χ1v) is 10.3. The lowest BCUT2D eigenvalue weighted by Crippen LogP contribution is -2.69. The van der Waals surface area contributed by atoms with Gasteiger partial charge in [-0.2, -0.15) is 0 Å². The Bertz CT molecular complexity index is 817. The molecule has 0 heterocycles. The van der Waals surface area contributed by atoms with Crippen molar-refractivity contribution in [1.82, 2.24) is 0 Å². The summed E-state index contributed by atoms with van der Waals surface area (Å²) in [4.78, 5) is 24.9. The second kappa shape index (κ2) is 7.13. The first kappa shape index (κ1) is 21.5. The van der Waals surface area contributed by atoms with Gasteiger partial charge in [0.1, 0.15) is 28.8 Å². The number of hydrogen-bond acceptors (Lipinski definition) is 8. The molecule has 8 unspecified atom stereocenters. The fraction of sp³-hybridized carbons (Fsp3) is 0.714. The number of fused-ring (bicyclic) bond motifs is 3. The zero-order valence-corrected chi connectivity index (χ0v) is 16.5. The quantitative estimate of drug-likeness (QED) is 0.278. The molecule has 11 atom stereocenters. The monoisotopic (exact) mass is 424 g/mol. The van der Waals surface area contributed by atoms with Crippen molar-refractivity contribution in [2.45, 2.75) is 56.2 Å². The molecule has 0 amide bonds. The lowest BCUT2D eigenvalue weighted by atomic mass is 9.50. The number of allylic oxidation sites excluding steroid dienone is 1. The summed E-state index contributed by atoms with van der Waals surface area (Å²) in [5.74, 6) is -6.49. The van der Waals surface area contributed by atoms with Gasteiger partial charge in [-0.05, 0) is 31.6 Å². The predicted octanol–water partition coefficient (Wildman–Crippen LogP) is -0.875. The van der Waals surface area contributed by atoms with Crippen LogP contribution in [-0.2, 0) is 9.59 Å². The van der Waals surface area contributed by atoms with E-state index in [1.54, 1.807) is 13.0 Å². The van der Waals surface area contributed by atoms with Crippen LogP contribution in [0.5, 0.6) is 0 Å². The van der Waals surface area contributed by atoms with Crippen LogP contribution in [0.1, 0.15) is 26.2 Å². The maximum Gasteiger partial charge on any atom is 0.337 e. The summed E-state index contributed by atoms with van der Waals surface area (Å²) in [6.07, 6.45) is -2.11. The molecule has 9 heteroatoms. The molecule has 2 fully saturated rings. The molecule has 0 aliphatic heterocycles. The Hall–Kier alpha value is -1.78. The zero-order valence-electron chi connectivity index (χ0n) is 16.5. The second-order valence-electron chi connectivity index (χ2n) is 9.34. The van der Waals surface area contributed by atoms with Crippen molar-refractivity contribution in [3.8, 4) is 0 Å². The van der Waals surface area contributed by atoms with Gasteiger partial charge in [0.2, 0.25) is 0 Å². The van der Waals surface area contributed by atoms with E-state index in [4.69, 9.17) is 0 Å². The van der Waals surface area contributed by atoms with Crippen LogP contribution in [0.3, 0.4) is 0 Å². The Kier molecular flexibility index (Phi) is 5.10. The van der Waals surface area contributed by atoms with Gasteiger partial charge in [-0.1, -0.05) is 12.2 Å². The van der Waals surface area contributed by atoms with Crippen molar-refractivity contribution >= 4 is 11.8 Å². The number of aliphatic hydroxyl groups excluding tert-OH is 5. The predicted molar refractivity (Wildman–Crippen MR) is 101 cm³/mol. The van der Waals surface area contributed by atoms with Crippen LogP contribution in [0.4, 0.5) is 0 Å². The van der Waals surface area contributed by atoms with Gasteiger partial charge in [-0.25, -0.2) is 4.79 Å². The van der Waals surface area contributed by atoms with Crippen molar-refractivity contribution in [2.24, 2.45) is 35.5 Å². The Morgan fingerprint density at radius 3 is 2.43 bits per heavy atom. The highest BCUT2D eigenvalue weighted by atomic mass is 16.4. The second-order valence-corrected chi connectivity index (χ2v) is 9.34. The van der Waals surface area contributed by atoms with E-state index in [-0.39, 0.29) is 24.7 Å². The normalized spacial score (nSPS) is 49.1. The van der Waals surface area contributed by atoms with Crippen LogP contribution in [0.15, 0.2) is 23.5 Å². The Morgan fingerprint density at radius 2 is 1.83 bits per heavy atom. The smallest absolute Gasteiger partial charge is 0.337 e. The van der Waals surface area contributed by atoms with E-state index in [1.165, 1.54) is 6.08 Å². The number of carboxylic acid groups (broad SMARTS) is 1. The first-order valence-electron chi connectivity index (χ1n) is 10.3. The average molecular weight is 424 g/mol. The summed E-state index contributed by atoms with van der Waals surface area (Å²) >= 11 is 0. The third kappa shape index (κ3) is 2.80. The highest BCUT2D eigenvalue weighted by molar-refractivity contribution is 5.90. The van der Waals surface area contributed by atoms with Crippen molar-refractivity contribution in [3.05, 3.63) is 23.5 Å². The molecule has 2 saturated carbocycles. The lowest BCUT2D eigenvalue weighted by molar-refractivity contribution is -0.229.